The maximum Gasteiger partial charge on any atom is 0.312 e. The average Bonchev–Trinajstić information content (AvgIpc) is 3.04. The molecule has 14 heteroatoms. The minimum atomic E-state index is -2.34. The van der Waals surface area contributed by atoms with Crippen LogP contribution in [0.25, 0.3) is 0 Å². The molecule has 0 saturated carbocycles. The third kappa shape index (κ3) is 6.02. The molecular weight excluding hydrogens is 464 g/mol. The highest BCUT2D eigenvalue weighted by molar-refractivity contribution is 5.76. The zero-order valence-electron chi connectivity index (χ0n) is 19.1. The van der Waals surface area contributed by atoms with E-state index in [0.717, 1.165) is 6.92 Å². The molecule has 0 aromatic rings. The minimum Gasteiger partial charge on any atom is -0.460 e. The van der Waals surface area contributed by atoms with Crippen LogP contribution in [0.3, 0.4) is 0 Å². The first kappa shape index (κ1) is 28.8. The van der Waals surface area contributed by atoms with Crippen molar-refractivity contribution >= 4 is 11.9 Å². The van der Waals surface area contributed by atoms with Crippen LogP contribution in [0.15, 0.2) is 0 Å². The van der Waals surface area contributed by atoms with E-state index in [1.165, 1.54) is 13.8 Å². The molecule has 0 amide bonds. The molecule has 0 aliphatic carbocycles. The van der Waals surface area contributed by atoms with Crippen LogP contribution >= 0.6 is 0 Å². The van der Waals surface area contributed by atoms with Crippen molar-refractivity contribution in [3.8, 4) is 0 Å². The fraction of sp³-hybridized carbons (Fsp3) is 0.900. The lowest BCUT2D eigenvalue weighted by molar-refractivity contribution is -0.384. The molecule has 2 heterocycles. The van der Waals surface area contributed by atoms with Crippen molar-refractivity contribution in [2.75, 3.05) is 26.4 Å². The normalized spacial score (nSPS) is 38.5. The summed E-state index contributed by atoms with van der Waals surface area (Å²) in [5, 5.41) is 69.5. The SMILES string of the molecule is CC(=O)OC[C@@]1(O[C@H]2O[C@H](CO)[C@@H](O)[C@H](O)[C@H]2O)O[C@H](CO)[C@@H](O)[C@@H]1OC(=O)C(C)(C)CCO. The summed E-state index contributed by atoms with van der Waals surface area (Å²) in [6.07, 6.45) is -13.4. The van der Waals surface area contributed by atoms with Crippen LogP contribution in [0.5, 0.6) is 0 Å². The van der Waals surface area contributed by atoms with Crippen molar-refractivity contribution in [1.29, 1.82) is 0 Å². The summed E-state index contributed by atoms with van der Waals surface area (Å²) in [4.78, 5) is 24.3. The molecule has 0 bridgehead atoms. The molecule has 2 fully saturated rings. The Morgan fingerprint density at radius 2 is 1.56 bits per heavy atom. The molecule has 9 atom stereocenters. The Hall–Kier alpha value is -1.46. The average molecular weight is 498 g/mol. The first-order chi connectivity index (χ1) is 15.8. The Kier molecular flexibility index (Phi) is 9.75. The Balaban J connectivity index is 2.43. The van der Waals surface area contributed by atoms with Crippen LogP contribution in [-0.4, -0.2) is 129 Å². The fourth-order valence-electron chi connectivity index (χ4n) is 3.62. The highest BCUT2D eigenvalue weighted by Gasteiger charge is 2.62. The standard InChI is InChI=1S/C20H34O14/c1-9(24)30-8-20(34-17-15(28)14(27)12(25)10(6-22)31-17)16(13(26)11(7-23)33-20)32-18(29)19(2,3)4-5-21/h10-17,21-23,25-28H,4-8H2,1-3H3/t10-,11-,12-,13-,14+,15-,16+,17-,20+/m1/s1. The van der Waals surface area contributed by atoms with Gasteiger partial charge in [-0.3, -0.25) is 9.59 Å². The van der Waals surface area contributed by atoms with Crippen molar-refractivity contribution in [2.45, 2.75) is 82.0 Å². The predicted octanol–water partition coefficient (Wildman–Crippen LogP) is -3.87. The molecule has 2 rings (SSSR count). The Bertz CT molecular complexity index is 699. The number of carbonyl (C=O) groups excluding carboxylic acids is 2. The molecule has 0 spiro atoms. The van der Waals surface area contributed by atoms with E-state index in [1.807, 2.05) is 0 Å². The van der Waals surface area contributed by atoms with Crippen molar-refractivity contribution in [1.82, 2.24) is 0 Å². The number of hydrogen-bond donors (Lipinski definition) is 7. The van der Waals surface area contributed by atoms with Crippen LogP contribution in [0.2, 0.25) is 0 Å². The molecule has 2 aliphatic heterocycles. The number of esters is 2. The number of hydrogen-bond acceptors (Lipinski definition) is 14. The van der Waals surface area contributed by atoms with Crippen LogP contribution in [0.1, 0.15) is 27.2 Å². The van der Waals surface area contributed by atoms with Gasteiger partial charge in [0.2, 0.25) is 5.79 Å². The maximum absolute atomic E-state index is 12.8. The van der Waals surface area contributed by atoms with Gasteiger partial charge >= 0.3 is 11.9 Å². The number of carbonyl (C=O) groups is 2. The molecule has 0 radical (unpaired) electrons. The molecule has 198 valence electrons. The van der Waals surface area contributed by atoms with Crippen molar-refractivity contribution in [3.05, 3.63) is 0 Å². The largest absolute Gasteiger partial charge is 0.460 e. The monoisotopic (exact) mass is 498 g/mol. The predicted molar refractivity (Wildman–Crippen MR) is 108 cm³/mol. The second-order valence-corrected chi connectivity index (χ2v) is 8.92. The van der Waals surface area contributed by atoms with Crippen molar-refractivity contribution in [2.24, 2.45) is 5.41 Å². The molecule has 14 nitrogen and oxygen atoms in total. The molecule has 2 saturated heterocycles. The lowest BCUT2D eigenvalue weighted by Gasteiger charge is -2.44. The molecule has 7 N–H and O–H groups in total. The highest BCUT2D eigenvalue weighted by Crippen LogP contribution is 2.39. The van der Waals surface area contributed by atoms with E-state index in [2.05, 4.69) is 0 Å². The van der Waals surface area contributed by atoms with Gasteiger partial charge in [0.05, 0.1) is 18.6 Å². The first-order valence-electron chi connectivity index (χ1n) is 10.7. The topological polar surface area (TPSA) is 222 Å². The molecule has 0 aromatic carbocycles. The van der Waals surface area contributed by atoms with Gasteiger partial charge in [-0.1, -0.05) is 0 Å². The molecular formula is C20H34O14. The van der Waals surface area contributed by atoms with Gasteiger partial charge in [-0.05, 0) is 20.3 Å². The Labute approximate surface area is 195 Å². The third-order valence-corrected chi connectivity index (χ3v) is 5.82. The van der Waals surface area contributed by atoms with Crippen LogP contribution in [0, 0.1) is 5.41 Å². The van der Waals surface area contributed by atoms with Crippen molar-refractivity contribution < 1.29 is 69.0 Å². The summed E-state index contributed by atoms with van der Waals surface area (Å²) < 4.78 is 27.0. The van der Waals surface area contributed by atoms with Crippen LogP contribution in [-0.2, 0) is 33.3 Å². The van der Waals surface area contributed by atoms with Gasteiger partial charge in [0, 0.05) is 13.5 Å². The molecule has 0 unspecified atom stereocenters. The number of aliphatic hydroxyl groups excluding tert-OH is 7. The molecule has 0 aromatic heterocycles. The summed E-state index contributed by atoms with van der Waals surface area (Å²) in [7, 11) is 0. The van der Waals surface area contributed by atoms with E-state index < -0.39 is 92.0 Å². The Morgan fingerprint density at radius 3 is 2.09 bits per heavy atom. The maximum atomic E-state index is 12.8. The fourth-order valence-corrected chi connectivity index (χ4v) is 3.62. The first-order valence-corrected chi connectivity index (χ1v) is 10.7. The number of ether oxygens (including phenoxy) is 5. The summed E-state index contributed by atoms with van der Waals surface area (Å²) >= 11 is 0. The van der Waals surface area contributed by atoms with Gasteiger partial charge in [-0.2, -0.15) is 0 Å². The van der Waals surface area contributed by atoms with Gasteiger partial charge in [0.15, 0.2) is 12.4 Å². The number of rotatable bonds is 10. The van der Waals surface area contributed by atoms with E-state index in [1.54, 1.807) is 0 Å². The second-order valence-electron chi connectivity index (χ2n) is 8.92. The van der Waals surface area contributed by atoms with E-state index in [0.29, 0.717) is 0 Å². The van der Waals surface area contributed by atoms with Gasteiger partial charge in [0.25, 0.3) is 0 Å². The summed E-state index contributed by atoms with van der Waals surface area (Å²) in [5.74, 6) is -4.04. The summed E-state index contributed by atoms with van der Waals surface area (Å²) in [6, 6.07) is 0. The lowest BCUT2D eigenvalue weighted by Crippen LogP contribution is -2.63. The van der Waals surface area contributed by atoms with Crippen LogP contribution in [0.4, 0.5) is 0 Å². The Morgan fingerprint density at radius 1 is 0.941 bits per heavy atom. The van der Waals surface area contributed by atoms with Crippen molar-refractivity contribution in [3.63, 3.8) is 0 Å². The van der Waals surface area contributed by atoms with Gasteiger partial charge in [0.1, 0.15) is 43.2 Å². The summed E-state index contributed by atoms with van der Waals surface area (Å²) in [5.41, 5.74) is -1.22. The number of aliphatic hydroxyl groups is 7. The van der Waals surface area contributed by atoms with E-state index in [-0.39, 0.29) is 13.0 Å². The van der Waals surface area contributed by atoms with E-state index >= 15 is 0 Å². The summed E-state index contributed by atoms with van der Waals surface area (Å²) in [6.45, 7) is 1.33. The van der Waals surface area contributed by atoms with E-state index in [9.17, 15) is 45.3 Å². The quantitative estimate of drug-likeness (QED) is 0.143. The lowest BCUT2D eigenvalue weighted by atomic mass is 9.89. The zero-order chi connectivity index (χ0) is 25.8. The van der Waals surface area contributed by atoms with Gasteiger partial charge in [-0.15, -0.1) is 0 Å². The van der Waals surface area contributed by atoms with Gasteiger partial charge < -0.3 is 59.4 Å². The smallest absolute Gasteiger partial charge is 0.312 e. The molecule has 2 aliphatic rings. The minimum absolute atomic E-state index is 0.00342. The second kappa shape index (κ2) is 11.5. The van der Waals surface area contributed by atoms with E-state index in [4.69, 9.17) is 23.7 Å². The van der Waals surface area contributed by atoms with Crippen LogP contribution < -0.4 is 0 Å². The zero-order valence-corrected chi connectivity index (χ0v) is 19.1. The third-order valence-electron chi connectivity index (χ3n) is 5.82. The highest BCUT2D eigenvalue weighted by atomic mass is 16.8. The molecule has 34 heavy (non-hydrogen) atoms. The van der Waals surface area contributed by atoms with Gasteiger partial charge in [-0.25, -0.2) is 0 Å².